The third kappa shape index (κ3) is 4.02. The average Bonchev–Trinajstić information content (AvgIpc) is 3.10. The van der Waals surface area contributed by atoms with Gasteiger partial charge in [0.2, 0.25) is 0 Å². The minimum absolute atomic E-state index is 0.0521. The van der Waals surface area contributed by atoms with Crippen LogP contribution in [0.4, 0.5) is 20.3 Å². The van der Waals surface area contributed by atoms with Gasteiger partial charge in [0.25, 0.3) is 5.91 Å². The van der Waals surface area contributed by atoms with Gasteiger partial charge in [0.05, 0.1) is 18.5 Å². The van der Waals surface area contributed by atoms with E-state index in [-0.39, 0.29) is 17.7 Å². The first-order valence-electron chi connectivity index (χ1n) is 7.56. The molecule has 0 aliphatic carbocycles. The van der Waals surface area contributed by atoms with Gasteiger partial charge in [-0.1, -0.05) is 0 Å². The maximum atomic E-state index is 13.2. The molecule has 3 rings (SSSR count). The number of carbonyl (C=O) groups is 1. The third-order valence-electron chi connectivity index (χ3n) is 3.59. The van der Waals surface area contributed by atoms with Gasteiger partial charge < -0.3 is 15.4 Å². The van der Waals surface area contributed by atoms with Gasteiger partial charge in [-0.05, 0) is 25.0 Å². The van der Waals surface area contributed by atoms with E-state index in [2.05, 4.69) is 20.6 Å². The van der Waals surface area contributed by atoms with Crippen molar-refractivity contribution in [3.63, 3.8) is 0 Å². The summed E-state index contributed by atoms with van der Waals surface area (Å²) in [6, 6.07) is 3.40. The Morgan fingerprint density at radius 3 is 2.79 bits per heavy atom. The molecule has 1 fully saturated rings. The Balaban J connectivity index is 1.57. The number of hydrogen-bond donors (Lipinski definition) is 2. The Morgan fingerprint density at radius 1 is 1.25 bits per heavy atom. The van der Waals surface area contributed by atoms with Crippen molar-refractivity contribution in [1.82, 2.24) is 15.3 Å². The molecule has 1 amide bonds. The summed E-state index contributed by atoms with van der Waals surface area (Å²) in [7, 11) is 0. The number of ether oxygens (including phenoxy) is 1. The van der Waals surface area contributed by atoms with Gasteiger partial charge in [-0.25, -0.2) is 18.7 Å². The van der Waals surface area contributed by atoms with Crippen LogP contribution in [0, 0.1) is 11.6 Å². The molecule has 126 valence electrons. The van der Waals surface area contributed by atoms with E-state index in [1.54, 1.807) is 0 Å². The molecule has 8 heteroatoms. The van der Waals surface area contributed by atoms with Crippen molar-refractivity contribution in [2.45, 2.75) is 18.9 Å². The normalized spacial score (nSPS) is 16.8. The highest BCUT2D eigenvalue weighted by molar-refractivity contribution is 5.92. The van der Waals surface area contributed by atoms with Crippen LogP contribution < -0.4 is 10.6 Å². The number of anilines is 2. The van der Waals surface area contributed by atoms with Crippen molar-refractivity contribution < 1.29 is 18.3 Å². The molecule has 24 heavy (non-hydrogen) atoms. The maximum absolute atomic E-state index is 13.2. The fourth-order valence-corrected chi connectivity index (χ4v) is 2.33. The summed E-state index contributed by atoms with van der Waals surface area (Å²) in [5, 5.41) is 5.53. The maximum Gasteiger partial charge on any atom is 0.271 e. The van der Waals surface area contributed by atoms with Crippen molar-refractivity contribution >= 4 is 17.4 Å². The number of hydrogen-bond acceptors (Lipinski definition) is 5. The van der Waals surface area contributed by atoms with Crippen LogP contribution >= 0.6 is 0 Å². The van der Waals surface area contributed by atoms with Crippen LogP contribution in [-0.4, -0.2) is 35.1 Å². The number of nitrogens with one attached hydrogen (secondary N) is 2. The highest BCUT2D eigenvalue weighted by atomic mass is 19.2. The number of rotatable bonds is 5. The molecule has 2 aromatic rings. The number of aromatic nitrogens is 2. The van der Waals surface area contributed by atoms with E-state index in [9.17, 15) is 13.6 Å². The van der Waals surface area contributed by atoms with E-state index in [1.165, 1.54) is 18.5 Å². The number of halogens is 2. The lowest BCUT2D eigenvalue weighted by Gasteiger charge is -2.10. The van der Waals surface area contributed by atoms with Crippen LogP contribution in [-0.2, 0) is 4.74 Å². The van der Waals surface area contributed by atoms with E-state index in [0.717, 1.165) is 31.6 Å². The van der Waals surface area contributed by atoms with Gasteiger partial charge >= 0.3 is 0 Å². The summed E-state index contributed by atoms with van der Waals surface area (Å²) >= 11 is 0. The Hall–Kier alpha value is -2.61. The molecule has 0 radical (unpaired) electrons. The van der Waals surface area contributed by atoms with Crippen molar-refractivity contribution in [1.29, 1.82) is 0 Å². The highest BCUT2D eigenvalue weighted by Gasteiger charge is 2.17. The minimum Gasteiger partial charge on any atom is -0.376 e. The topological polar surface area (TPSA) is 76.1 Å². The first-order valence-corrected chi connectivity index (χ1v) is 7.56. The molecule has 6 nitrogen and oxygen atoms in total. The molecule has 0 spiro atoms. The average molecular weight is 334 g/mol. The Labute approximate surface area is 137 Å². The zero-order chi connectivity index (χ0) is 16.9. The monoisotopic (exact) mass is 334 g/mol. The molecule has 1 atom stereocenters. The van der Waals surface area contributed by atoms with E-state index < -0.39 is 11.6 Å². The van der Waals surface area contributed by atoms with Gasteiger partial charge in [-0.2, -0.15) is 0 Å². The predicted molar refractivity (Wildman–Crippen MR) is 83.0 cm³/mol. The lowest BCUT2D eigenvalue weighted by atomic mass is 10.2. The van der Waals surface area contributed by atoms with Crippen molar-refractivity contribution in [2.24, 2.45) is 0 Å². The lowest BCUT2D eigenvalue weighted by Crippen LogP contribution is -2.32. The van der Waals surface area contributed by atoms with Crippen LogP contribution in [0.3, 0.4) is 0 Å². The van der Waals surface area contributed by atoms with Gasteiger partial charge in [0, 0.05) is 24.9 Å². The number of carbonyl (C=O) groups excluding carboxylic acids is 1. The number of amides is 1. The number of nitrogens with zero attached hydrogens (tertiary/aromatic N) is 2. The van der Waals surface area contributed by atoms with Crippen LogP contribution in [0.15, 0.2) is 30.6 Å². The van der Waals surface area contributed by atoms with Crippen molar-refractivity contribution in [2.75, 3.05) is 18.5 Å². The summed E-state index contributed by atoms with van der Waals surface area (Å²) in [5.74, 6) is -1.91. The summed E-state index contributed by atoms with van der Waals surface area (Å²) in [5.41, 5.74) is 0.502. The molecule has 1 unspecified atom stereocenters. The Morgan fingerprint density at radius 2 is 2.12 bits per heavy atom. The predicted octanol–water partition coefficient (Wildman–Crippen LogP) is 2.41. The van der Waals surface area contributed by atoms with Gasteiger partial charge in [0.1, 0.15) is 11.5 Å². The van der Waals surface area contributed by atoms with Crippen LogP contribution in [0.5, 0.6) is 0 Å². The summed E-state index contributed by atoms with van der Waals surface area (Å²) in [6.45, 7) is 1.17. The fourth-order valence-electron chi connectivity index (χ4n) is 2.33. The van der Waals surface area contributed by atoms with E-state index in [0.29, 0.717) is 18.1 Å². The molecular weight excluding hydrogens is 318 g/mol. The van der Waals surface area contributed by atoms with E-state index in [1.807, 2.05) is 0 Å². The minimum atomic E-state index is -0.960. The van der Waals surface area contributed by atoms with Crippen molar-refractivity contribution in [3.05, 3.63) is 47.9 Å². The Bertz CT molecular complexity index is 719. The number of benzene rings is 1. The molecule has 0 saturated carbocycles. The van der Waals surface area contributed by atoms with Crippen LogP contribution in [0.25, 0.3) is 0 Å². The quantitative estimate of drug-likeness (QED) is 0.878. The van der Waals surface area contributed by atoms with Crippen molar-refractivity contribution in [3.8, 4) is 0 Å². The van der Waals surface area contributed by atoms with Crippen LogP contribution in [0.2, 0.25) is 0 Å². The molecule has 1 aliphatic heterocycles. The van der Waals surface area contributed by atoms with E-state index >= 15 is 0 Å². The highest BCUT2D eigenvalue weighted by Crippen LogP contribution is 2.17. The zero-order valence-electron chi connectivity index (χ0n) is 12.8. The third-order valence-corrected chi connectivity index (χ3v) is 3.59. The second-order valence-corrected chi connectivity index (χ2v) is 5.39. The fraction of sp³-hybridized carbons (Fsp3) is 0.312. The molecular formula is C16H16F2N4O2. The molecule has 1 aliphatic rings. The van der Waals surface area contributed by atoms with Gasteiger partial charge in [-0.3, -0.25) is 4.79 Å². The van der Waals surface area contributed by atoms with E-state index in [4.69, 9.17) is 4.74 Å². The summed E-state index contributed by atoms with van der Waals surface area (Å²) < 4.78 is 31.5. The smallest absolute Gasteiger partial charge is 0.271 e. The molecule has 2 N–H and O–H groups in total. The molecule has 1 aromatic heterocycles. The summed E-state index contributed by atoms with van der Waals surface area (Å²) in [4.78, 5) is 20.0. The second-order valence-electron chi connectivity index (χ2n) is 5.39. The molecule has 1 saturated heterocycles. The SMILES string of the molecule is O=C(NCC1CCCO1)c1cnc(Nc2ccc(F)c(F)c2)cn1. The van der Waals surface area contributed by atoms with Gasteiger partial charge in [-0.15, -0.1) is 0 Å². The van der Waals surface area contributed by atoms with Crippen LogP contribution in [0.1, 0.15) is 23.3 Å². The second kappa shape index (κ2) is 7.31. The zero-order valence-corrected chi connectivity index (χ0v) is 12.8. The first-order chi connectivity index (χ1) is 11.6. The molecule has 0 bridgehead atoms. The first kappa shape index (κ1) is 16.3. The lowest BCUT2D eigenvalue weighted by molar-refractivity contribution is 0.0853. The Kier molecular flexibility index (Phi) is 4.95. The molecule has 2 heterocycles. The largest absolute Gasteiger partial charge is 0.376 e. The van der Waals surface area contributed by atoms with Gasteiger partial charge in [0.15, 0.2) is 11.6 Å². The summed E-state index contributed by atoms with van der Waals surface area (Å²) in [6.07, 6.45) is 4.65. The standard InChI is InChI=1S/C16H16F2N4O2/c17-12-4-3-10(6-13(12)18)22-15-9-19-14(8-20-15)16(23)21-7-11-2-1-5-24-11/h3-4,6,8-9,11H,1-2,5,7H2,(H,20,22)(H,21,23). The molecule has 1 aromatic carbocycles.